The Balaban J connectivity index is 1.63. The highest BCUT2D eigenvalue weighted by Gasteiger charge is 2.26. The van der Waals surface area contributed by atoms with Crippen molar-refractivity contribution in [1.29, 1.82) is 0 Å². The van der Waals surface area contributed by atoms with Crippen LogP contribution in [0.4, 0.5) is 4.79 Å². The average molecular weight is 356 g/mol. The molecule has 1 aromatic heterocycles. The number of aromatic nitrogens is 2. The van der Waals surface area contributed by atoms with Crippen LogP contribution in [-0.2, 0) is 11.3 Å². The van der Waals surface area contributed by atoms with Crippen LogP contribution in [0.25, 0.3) is 5.69 Å². The van der Waals surface area contributed by atoms with Crippen LogP contribution >= 0.6 is 0 Å². The van der Waals surface area contributed by atoms with Crippen molar-refractivity contribution >= 4 is 6.09 Å². The number of hydrogen-bond donors (Lipinski definition) is 0. The van der Waals surface area contributed by atoms with Crippen LogP contribution in [-0.4, -0.2) is 57.5 Å². The maximum Gasteiger partial charge on any atom is 0.410 e. The van der Waals surface area contributed by atoms with E-state index >= 15 is 0 Å². The Morgan fingerprint density at radius 2 is 1.92 bits per heavy atom. The predicted octanol–water partition coefficient (Wildman–Crippen LogP) is 3.23. The maximum absolute atomic E-state index is 12.2. The third-order valence-electron chi connectivity index (χ3n) is 4.41. The summed E-state index contributed by atoms with van der Waals surface area (Å²) in [4.78, 5) is 16.4. The molecule has 26 heavy (non-hydrogen) atoms. The van der Waals surface area contributed by atoms with Gasteiger partial charge in [-0.3, -0.25) is 4.90 Å². The minimum atomic E-state index is -0.450. The highest BCUT2D eigenvalue weighted by molar-refractivity contribution is 5.68. The van der Waals surface area contributed by atoms with Crippen molar-refractivity contribution in [3.05, 3.63) is 47.8 Å². The number of nitrogens with zero attached hydrogens (tertiary/aromatic N) is 4. The highest BCUT2D eigenvalue weighted by atomic mass is 16.6. The highest BCUT2D eigenvalue weighted by Crippen LogP contribution is 2.19. The summed E-state index contributed by atoms with van der Waals surface area (Å²) in [5.74, 6) is 0. The van der Waals surface area contributed by atoms with Crippen molar-refractivity contribution in [3.63, 3.8) is 0 Å². The molecule has 1 aromatic carbocycles. The van der Waals surface area contributed by atoms with Gasteiger partial charge in [-0.15, -0.1) is 0 Å². The second-order valence-corrected chi connectivity index (χ2v) is 7.83. The maximum atomic E-state index is 12.2. The number of carbonyl (C=O) groups is 1. The molecule has 0 unspecified atom stereocenters. The number of ether oxygens (including phenoxy) is 1. The van der Waals surface area contributed by atoms with Crippen LogP contribution in [0.2, 0.25) is 0 Å². The van der Waals surface area contributed by atoms with Crippen LogP contribution in [0.1, 0.15) is 31.9 Å². The van der Waals surface area contributed by atoms with Gasteiger partial charge in [-0.2, -0.15) is 5.10 Å². The number of carbonyl (C=O) groups excluding carboxylic acids is 1. The Labute approximate surface area is 155 Å². The number of hydrogen-bond acceptors (Lipinski definition) is 4. The Morgan fingerprint density at radius 1 is 1.19 bits per heavy atom. The van der Waals surface area contributed by atoms with Crippen molar-refractivity contribution in [2.75, 3.05) is 26.2 Å². The van der Waals surface area contributed by atoms with E-state index in [4.69, 9.17) is 4.74 Å². The zero-order chi connectivity index (χ0) is 18.7. The molecule has 0 radical (unpaired) electrons. The molecule has 1 fully saturated rings. The van der Waals surface area contributed by atoms with E-state index in [2.05, 4.69) is 35.1 Å². The second kappa shape index (κ2) is 7.50. The average Bonchev–Trinajstić information content (AvgIpc) is 3.10. The molecule has 2 heterocycles. The van der Waals surface area contributed by atoms with Crippen molar-refractivity contribution in [1.82, 2.24) is 19.6 Å². The molecule has 0 bridgehead atoms. The lowest BCUT2D eigenvalue weighted by Crippen LogP contribution is -2.49. The van der Waals surface area contributed by atoms with Gasteiger partial charge in [-0.25, -0.2) is 9.48 Å². The minimum absolute atomic E-state index is 0.218. The first-order valence-electron chi connectivity index (χ1n) is 9.12. The molecule has 1 aliphatic rings. The molecule has 6 nitrogen and oxygen atoms in total. The summed E-state index contributed by atoms with van der Waals surface area (Å²) >= 11 is 0. The Morgan fingerprint density at radius 3 is 2.54 bits per heavy atom. The van der Waals surface area contributed by atoms with Gasteiger partial charge in [-0.05, 0) is 51.0 Å². The lowest BCUT2D eigenvalue weighted by Gasteiger charge is -2.35. The molecule has 2 aromatic rings. The van der Waals surface area contributed by atoms with E-state index in [0.29, 0.717) is 13.1 Å². The van der Waals surface area contributed by atoms with Gasteiger partial charge in [-0.1, -0.05) is 12.1 Å². The summed E-state index contributed by atoms with van der Waals surface area (Å²) in [5, 5.41) is 4.38. The van der Waals surface area contributed by atoms with E-state index in [-0.39, 0.29) is 6.09 Å². The van der Waals surface area contributed by atoms with Crippen LogP contribution in [0.15, 0.2) is 36.7 Å². The molecule has 1 aliphatic heterocycles. The van der Waals surface area contributed by atoms with Crippen LogP contribution in [0, 0.1) is 6.92 Å². The second-order valence-electron chi connectivity index (χ2n) is 7.83. The molecular weight excluding hydrogens is 328 g/mol. The van der Waals surface area contributed by atoms with Crippen molar-refractivity contribution in [3.8, 4) is 5.69 Å². The summed E-state index contributed by atoms with van der Waals surface area (Å²) in [6.45, 7) is 11.7. The van der Waals surface area contributed by atoms with Crippen LogP contribution in [0.5, 0.6) is 0 Å². The van der Waals surface area contributed by atoms with Gasteiger partial charge in [0.05, 0.1) is 5.69 Å². The molecule has 0 spiro atoms. The lowest BCUT2D eigenvalue weighted by atomic mass is 10.1. The first-order valence-corrected chi connectivity index (χ1v) is 9.12. The first-order chi connectivity index (χ1) is 12.3. The third-order valence-corrected chi connectivity index (χ3v) is 4.41. The molecule has 140 valence electrons. The SMILES string of the molecule is Cc1ccc(CN2CCN(C(=O)OC(C)(C)C)CC2)c(-n2cccn2)c1. The molecule has 6 heteroatoms. The number of piperazine rings is 1. The largest absolute Gasteiger partial charge is 0.444 e. The molecule has 1 amide bonds. The molecule has 1 saturated heterocycles. The summed E-state index contributed by atoms with van der Waals surface area (Å²) < 4.78 is 7.38. The van der Waals surface area contributed by atoms with E-state index in [1.807, 2.05) is 37.7 Å². The molecule has 0 aliphatic carbocycles. The van der Waals surface area contributed by atoms with E-state index in [0.717, 1.165) is 25.3 Å². The minimum Gasteiger partial charge on any atom is -0.444 e. The van der Waals surface area contributed by atoms with Gasteiger partial charge in [0.15, 0.2) is 0 Å². The fourth-order valence-electron chi connectivity index (χ4n) is 3.09. The van der Waals surface area contributed by atoms with Gasteiger partial charge in [0.2, 0.25) is 0 Å². The van der Waals surface area contributed by atoms with E-state index in [1.165, 1.54) is 11.1 Å². The summed E-state index contributed by atoms with van der Waals surface area (Å²) in [5.41, 5.74) is 3.12. The number of amides is 1. The van der Waals surface area contributed by atoms with E-state index in [9.17, 15) is 4.79 Å². The smallest absolute Gasteiger partial charge is 0.410 e. The summed E-state index contributed by atoms with van der Waals surface area (Å²) in [6.07, 6.45) is 3.55. The van der Waals surface area contributed by atoms with Crippen LogP contribution in [0.3, 0.4) is 0 Å². The van der Waals surface area contributed by atoms with Gasteiger partial charge in [0.25, 0.3) is 0 Å². The quantitative estimate of drug-likeness (QED) is 0.847. The van der Waals surface area contributed by atoms with Crippen molar-refractivity contribution < 1.29 is 9.53 Å². The zero-order valence-corrected chi connectivity index (χ0v) is 16.1. The van der Waals surface area contributed by atoms with E-state index < -0.39 is 5.60 Å². The molecule has 0 N–H and O–H groups in total. The fraction of sp³-hybridized carbons (Fsp3) is 0.500. The Bertz CT molecular complexity index is 742. The monoisotopic (exact) mass is 356 g/mol. The predicted molar refractivity (Wildman–Crippen MR) is 101 cm³/mol. The molecule has 0 atom stereocenters. The topological polar surface area (TPSA) is 50.6 Å². The number of aryl methyl sites for hydroxylation is 1. The number of rotatable bonds is 3. The Kier molecular flexibility index (Phi) is 5.32. The van der Waals surface area contributed by atoms with Crippen molar-refractivity contribution in [2.45, 2.75) is 39.8 Å². The van der Waals surface area contributed by atoms with Gasteiger partial charge >= 0.3 is 6.09 Å². The normalized spacial score (nSPS) is 15.9. The fourth-order valence-corrected chi connectivity index (χ4v) is 3.09. The third kappa shape index (κ3) is 4.64. The van der Waals surface area contributed by atoms with Gasteiger partial charge < -0.3 is 9.64 Å². The van der Waals surface area contributed by atoms with Gasteiger partial charge in [0.1, 0.15) is 5.60 Å². The van der Waals surface area contributed by atoms with Gasteiger partial charge in [0, 0.05) is 45.1 Å². The lowest BCUT2D eigenvalue weighted by molar-refractivity contribution is 0.0139. The number of benzene rings is 1. The summed E-state index contributed by atoms with van der Waals surface area (Å²) in [6, 6.07) is 8.41. The van der Waals surface area contributed by atoms with Crippen LogP contribution < -0.4 is 0 Å². The van der Waals surface area contributed by atoms with E-state index in [1.54, 1.807) is 11.1 Å². The summed E-state index contributed by atoms with van der Waals surface area (Å²) in [7, 11) is 0. The molecular formula is C20H28N4O2. The van der Waals surface area contributed by atoms with Crippen molar-refractivity contribution in [2.24, 2.45) is 0 Å². The molecule has 0 saturated carbocycles. The standard InChI is InChI=1S/C20H28N4O2/c1-16-6-7-17(18(14-16)24-9-5-8-21-24)15-22-10-12-23(13-11-22)19(25)26-20(2,3)4/h5-9,14H,10-13,15H2,1-4H3. The zero-order valence-electron chi connectivity index (χ0n) is 16.1. The first kappa shape index (κ1) is 18.5. The Hall–Kier alpha value is -2.34. The molecule has 3 rings (SSSR count).